The standard InChI is InChI=1S/C26H28O12/c1-36-25(34)26(35)12-20(37-22(31)8-4-14-2-6-16(27)18(29)10-14)24(33)21(13-26)38-23(32)9-5-15-3-7-17(28)19(30)11-15/h2-4,6-8,10-11,20-21,24,27-30,33,35H,5,9,12-13H2,1H3/b8-4+/t20-,21+,24-,26-/m1/s1. The number of hydrogen-bond donors (Lipinski definition) is 6. The Morgan fingerprint density at radius 3 is 2.13 bits per heavy atom. The van der Waals surface area contributed by atoms with Crippen molar-refractivity contribution in [2.45, 2.75) is 49.6 Å². The highest BCUT2D eigenvalue weighted by Crippen LogP contribution is 2.34. The lowest BCUT2D eigenvalue weighted by Gasteiger charge is -2.41. The lowest BCUT2D eigenvalue weighted by Crippen LogP contribution is -2.58. The smallest absolute Gasteiger partial charge is 0.338 e. The number of hydrogen-bond acceptors (Lipinski definition) is 12. The molecule has 2 aromatic rings. The van der Waals surface area contributed by atoms with Gasteiger partial charge in [0.1, 0.15) is 18.3 Å². The van der Waals surface area contributed by atoms with Gasteiger partial charge in [0.2, 0.25) is 0 Å². The van der Waals surface area contributed by atoms with Gasteiger partial charge in [-0.25, -0.2) is 9.59 Å². The first-order chi connectivity index (χ1) is 17.9. The first-order valence-corrected chi connectivity index (χ1v) is 11.5. The van der Waals surface area contributed by atoms with Crippen LogP contribution in [0.15, 0.2) is 42.5 Å². The predicted octanol–water partition coefficient (Wildman–Crippen LogP) is 1.04. The second-order valence-electron chi connectivity index (χ2n) is 8.83. The van der Waals surface area contributed by atoms with Gasteiger partial charge in [0.25, 0.3) is 0 Å². The summed E-state index contributed by atoms with van der Waals surface area (Å²) in [6, 6.07) is 7.85. The van der Waals surface area contributed by atoms with Crippen molar-refractivity contribution in [1.29, 1.82) is 0 Å². The molecule has 0 aromatic heterocycles. The van der Waals surface area contributed by atoms with Gasteiger partial charge in [0.15, 0.2) is 28.6 Å². The fourth-order valence-corrected chi connectivity index (χ4v) is 4.00. The Balaban J connectivity index is 1.69. The topological polar surface area (TPSA) is 200 Å². The van der Waals surface area contributed by atoms with E-state index in [2.05, 4.69) is 4.74 Å². The molecular weight excluding hydrogens is 504 g/mol. The number of carbonyl (C=O) groups excluding carboxylic acids is 3. The van der Waals surface area contributed by atoms with Crippen molar-refractivity contribution in [3.8, 4) is 23.0 Å². The number of phenols is 4. The fourth-order valence-electron chi connectivity index (χ4n) is 4.00. The van der Waals surface area contributed by atoms with E-state index in [-0.39, 0.29) is 30.1 Å². The van der Waals surface area contributed by atoms with E-state index in [1.807, 2.05) is 0 Å². The zero-order valence-electron chi connectivity index (χ0n) is 20.3. The van der Waals surface area contributed by atoms with E-state index >= 15 is 0 Å². The molecule has 12 nitrogen and oxygen atoms in total. The lowest BCUT2D eigenvalue weighted by atomic mass is 9.79. The average molecular weight is 532 g/mol. The highest BCUT2D eigenvalue weighted by atomic mass is 16.6. The molecule has 6 N–H and O–H groups in total. The average Bonchev–Trinajstić information content (AvgIpc) is 2.87. The Kier molecular flexibility index (Phi) is 8.81. The van der Waals surface area contributed by atoms with Crippen molar-refractivity contribution < 1.29 is 59.2 Å². The van der Waals surface area contributed by atoms with Crippen LogP contribution in [-0.2, 0) is 35.0 Å². The molecule has 0 radical (unpaired) electrons. The van der Waals surface area contributed by atoms with Crippen LogP contribution in [0.2, 0.25) is 0 Å². The summed E-state index contributed by atoms with van der Waals surface area (Å²) in [6.45, 7) is 0. The van der Waals surface area contributed by atoms with Gasteiger partial charge < -0.3 is 44.8 Å². The number of aliphatic hydroxyl groups is 2. The van der Waals surface area contributed by atoms with Crippen molar-refractivity contribution in [3.63, 3.8) is 0 Å². The molecule has 0 spiro atoms. The van der Waals surface area contributed by atoms with Crippen LogP contribution in [0.4, 0.5) is 0 Å². The lowest BCUT2D eigenvalue weighted by molar-refractivity contribution is -0.206. The minimum Gasteiger partial charge on any atom is -0.504 e. The Bertz CT molecular complexity index is 1220. The van der Waals surface area contributed by atoms with Gasteiger partial charge in [-0.05, 0) is 47.9 Å². The van der Waals surface area contributed by atoms with E-state index in [1.165, 1.54) is 42.5 Å². The second-order valence-corrected chi connectivity index (χ2v) is 8.83. The van der Waals surface area contributed by atoms with Crippen molar-refractivity contribution >= 4 is 24.0 Å². The van der Waals surface area contributed by atoms with Crippen molar-refractivity contribution in [3.05, 3.63) is 53.6 Å². The number of phenolic OH excluding ortho intramolecular Hbond substituents is 4. The van der Waals surface area contributed by atoms with E-state index in [9.17, 15) is 45.0 Å². The molecule has 38 heavy (non-hydrogen) atoms. The van der Waals surface area contributed by atoms with E-state index in [0.29, 0.717) is 11.1 Å². The first-order valence-electron chi connectivity index (χ1n) is 11.5. The summed E-state index contributed by atoms with van der Waals surface area (Å²) in [5.41, 5.74) is -1.35. The van der Waals surface area contributed by atoms with Crippen LogP contribution in [-0.4, -0.2) is 79.6 Å². The summed E-state index contributed by atoms with van der Waals surface area (Å²) in [5.74, 6) is -4.26. The number of ether oxygens (including phenoxy) is 3. The quantitative estimate of drug-likeness (QED) is 0.122. The van der Waals surface area contributed by atoms with Crippen LogP contribution >= 0.6 is 0 Å². The van der Waals surface area contributed by atoms with E-state index in [1.54, 1.807) is 0 Å². The first kappa shape index (κ1) is 28.3. The molecule has 12 heteroatoms. The van der Waals surface area contributed by atoms with Crippen molar-refractivity contribution in [1.82, 2.24) is 0 Å². The van der Waals surface area contributed by atoms with Crippen LogP contribution < -0.4 is 0 Å². The summed E-state index contributed by atoms with van der Waals surface area (Å²) < 4.78 is 15.2. The highest BCUT2D eigenvalue weighted by molar-refractivity contribution is 5.87. The molecule has 0 aliphatic heterocycles. The number of carbonyl (C=O) groups is 3. The third-order valence-electron chi connectivity index (χ3n) is 6.02. The van der Waals surface area contributed by atoms with Crippen LogP contribution in [0.5, 0.6) is 23.0 Å². The minimum atomic E-state index is -2.22. The Hall–Kier alpha value is -4.29. The van der Waals surface area contributed by atoms with Gasteiger partial charge in [-0.2, -0.15) is 0 Å². The number of esters is 3. The third kappa shape index (κ3) is 6.93. The number of rotatable bonds is 8. The van der Waals surface area contributed by atoms with Gasteiger partial charge >= 0.3 is 17.9 Å². The molecule has 0 heterocycles. The van der Waals surface area contributed by atoms with Gasteiger partial charge in [-0.3, -0.25) is 4.79 Å². The molecule has 0 bridgehead atoms. The largest absolute Gasteiger partial charge is 0.504 e. The zero-order valence-corrected chi connectivity index (χ0v) is 20.3. The fraction of sp³-hybridized carbons (Fsp3) is 0.346. The Morgan fingerprint density at radius 2 is 1.53 bits per heavy atom. The van der Waals surface area contributed by atoms with Crippen LogP contribution in [0, 0.1) is 0 Å². The Labute approximate surface area is 216 Å². The molecule has 0 unspecified atom stereocenters. The molecule has 2 aromatic carbocycles. The summed E-state index contributed by atoms with van der Waals surface area (Å²) in [4.78, 5) is 37.1. The summed E-state index contributed by atoms with van der Waals surface area (Å²) in [7, 11) is 1.04. The predicted molar refractivity (Wildman–Crippen MR) is 129 cm³/mol. The monoisotopic (exact) mass is 532 g/mol. The van der Waals surface area contributed by atoms with Gasteiger partial charge in [0, 0.05) is 25.3 Å². The van der Waals surface area contributed by atoms with E-state index in [4.69, 9.17) is 9.47 Å². The van der Waals surface area contributed by atoms with Gasteiger partial charge in [-0.1, -0.05) is 12.1 Å². The zero-order chi connectivity index (χ0) is 28.0. The third-order valence-corrected chi connectivity index (χ3v) is 6.02. The van der Waals surface area contributed by atoms with Crippen LogP contribution in [0.25, 0.3) is 6.08 Å². The van der Waals surface area contributed by atoms with E-state index in [0.717, 1.165) is 13.2 Å². The van der Waals surface area contributed by atoms with Gasteiger partial charge in [0.05, 0.1) is 7.11 Å². The molecule has 1 fully saturated rings. The Morgan fingerprint density at radius 1 is 0.921 bits per heavy atom. The molecule has 4 atom stereocenters. The molecule has 0 saturated heterocycles. The maximum atomic E-state index is 12.5. The van der Waals surface area contributed by atoms with E-state index < -0.39 is 60.4 Å². The molecular formula is C26H28O12. The normalized spacial score (nSPS) is 23.1. The molecule has 0 amide bonds. The van der Waals surface area contributed by atoms with Gasteiger partial charge in [-0.15, -0.1) is 0 Å². The van der Waals surface area contributed by atoms with Crippen molar-refractivity contribution in [2.75, 3.05) is 7.11 Å². The van der Waals surface area contributed by atoms with Crippen LogP contribution in [0.3, 0.4) is 0 Å². The maximum absolute atomic E-state index is 12.5. The summed E-state index contributed by atoms with van der Waals surface area (Å²) in [6.07, 6.45) is -3.35. The molecule has 3 rings (SSSR count). The number of aryl methyl sites for hydroxylation is 1. The summed E-state index contributed by atoms with van der Waals surface area (Å²) >= 11 is 0. The molecule has 1 aliphatic rings. The molecule has 1 saturated carbocycles. The number of aliphatic hydroxyl groups excluding tert-OH is 1. The molecule has 1 aliphatic carbocycles. The number of aromatic hydroxyl groups is 4. The van der Waals surface area contributed by atoms with Crippen LogP contribution in [0.1, 0.15) is 30.4 Å². The second kappa shape index (κ2) is 11.8. The highest BCUT2D eigenvalue weighted by Gasteiger charge is 2.52. The van der Waals surface area contributed by atoms with Crippen molar-refractivity contribution in [2.24, 2.45) is 0 Å². The SMILES string of the molecule is COC(=O)[C@]1(O)C[C@H](OC(=O)CCc2ccc(O)c(O)c2)[C@H](O)[C@H](OC(=O)/C=C/c2ccc(O)c(O)c2)C1. The molecule has 204 valence electrons. The number of methoxy groups -OCH3 is 1. The summed E-state index contributed by atoms with van der Waals surface area (Å²) in [5, 5.41) is 59.5. The maximum Gasteiger partial charge on any atom is 0.338 e. The minimum absolute atomic E-state index is 0.118. The number of benzene rings is 2.